The van der Waals surface area contributed by atoms with Crippen molar-refractivity contribution in [1.82, 2.24) is 19.5 Å². The topological polar surface area (TPSA) is 119 Å². The summed E-state index contributed by atoms with van der Waals surface area (Å²) in [6.45, 7) is 0. The molecule has 4 N–H and O–H groups in total. The number of hydrogen-bond donors (Lipinski definition) is 3. The molecular formula is C9H11N5O3. The van der Waals surface area contributed by atoms with Gasteiger partial charge in [-0.2, -0.15) is 0 Å². The van der Waals surface area contributed by atoms with Gasteiger partial charge >= 0.3 is 0 Å². The van der Waals surface area contributed by atoms with E-state index in [-0.39, 0.29) is 6.23 Å². The lowest BCUT2D eigenvalue weighted by Crippen LogP contribution is -2.42. The highest BCUT2D eigenvalue weighted by atomic mass is 16.6. The average Bonchev–Trinajstić information content (AvgIpc) is 2.61. The summed E-state index contributed by atoms with van der Waals surface area (Å²) >= 11 is 0. The Kier molecular flexibility index (Phi) is 2.21. The number of fused-ring (bicyclic) bond motifs is 1. The molecule has 0 radical (unpaired) electrons. The normalized spacial score (nSPS) is 24.2. The monoisotopic (exact) mass is 237 g/mol. The molecule has 90 valence electrons. The molecular weight excluding hydrogens is 226 g/mol. The van der Waals surface area contributed by atoms with Gasteiger partial charge in [0.2, 0.25) is 0 Å². The molecule has 3 rings (SSSR count). The molecule has 1 saturated heterocycles. The summed E-state index contributed by atoms with van der Waals surface area (Å²) in [4.78, 5) is 12.0. The van der Waals surface area contributed by atoms with Crippen molar-refractivity contribution in [3.05, 3.63) is 12.7 Å². The number of nitrogens with zero attached hydrogens (tertiary/aromatic N) is 4. The highest BCUT2D eigenvalue weighted by Crippen LogP contribution is 2.33. The third-order valence-corrected chi connectivity index (χ3v) is 2.80. The van der Waals surface area contributed by atoms with Crippen molar-refractivity contribution >= 4 is 17.0 Å². The van der Waals surface area contributed by atoms with E-state index in [4.69, 9.17) is 20.7 Å². The molecule has 0 spiro atoms. The molecule has 1 aliphatic rings. The molecule has 0 amide bonds. The van der Waals surface area contributed by atoms with Crippen molar-refractivity contribution in [3.63, 3.8) is 0 Å². The van der Waals surface area contributed by atoms with E-state index in [9.17, 15) is 0 Å². The van der Waals surface area contributed by atoms with Crippen molar-refractivity contribution in [2.24, 2.45) is 0 Å². The number of rotatable bonds is 2. The van der Waals surface area contributed by atoms with Crippen LogP contribution in [0.15, 0.2) is 12.7 Å². The first kappa shape index (κ1) is 10.4. The van der Waals surface area contributed by atoms with E-state index < -0.39 is 12.4 Å². The maximum atomic E-state index is 8.90. The molecule has 1 fully saturated rings. The van der Waals surface area contributed by atoms with Gasteiger partial charge in [0.1, 0.15) is 24.2 Å². The van der Waals surface area contributed by atoms with Gasteiger partial charge < -0.3 is 20.7 Å². The fourth-order valence-corrected chi connectivity index (χ4v) is 1.84. The standard InChI is InChI=1S/C9H11N5O3/c10-7-6-8(12-2-11-7)14(3-13-6)5-1-4(17-5)9(15)16/h2-5,9,15-16H,1H2,(H2,10,11,12). The van der Waals surface area contributed by atoms with Crippen LogP contribution in [0.5, 0.6) is 0 Å². The van der Waals surface area contributed by atoms with Gasteiger partial charge in [0.15, 0.2) is 17.8 Å². The van der Waals surface area contributed by atoms with Gasteiger partial charge in [0, 0.05) is 6.42 Å². The quantitative estimate of drug-likeness (QED) is 0.573. The summed E-state index contributed by atoms with van der Waals surface area (Å²) in [5.74, 6) is 0.312. The van der Waals surface area contributed by atoms with Crippen LogP contribution in [0.1, 0.15) is 12.6 Å². The molecule has 0 saturated carbocycles. The molecule has 2 atom stereocenters. The zero-order valence-corrected chi connectivity index (χ0v) is 8.76. The van der Waals surface area contributed by atoms with E-state index in [1.807, 2.05) is 0 Å². The van der Waals surface area contributed by atoms with Gasteiger partial charge in [0.05, 0.1) is 6.33 Å². The van der Waals surface area contributed by atoms with Crippen molar-refractivity contribution in [2.75, 3.05) is 5.73 Å². The van der Waals surface area contributed by atoms with Crippen LogP contribution in [0.3, 0.4) is 0 Å². The van der Waals surface area contributed by atoms with Crippen molar-refractivity contribution < 1.29 is 14.9 Å². The molecule has 0 aromatic carbocycles. The molecule has 8 heteroatoms. The van der Waals surface area contributed by atoms with Gasteiger partial charge in [0.25, 0.3) is 0 Å². The predicted octanol–water partition coefficient (Wildman–Crippen LogP) is -0.993. The number of imidazole rings is 1. The van der Waals surface area contributed by atoms with E-state index in [1.165, 1.54) is 6.33 Å². The first-order valence-electron chi connectivity index (χ1n) is 5.11. The highest BCUT2D eigenvalue weighted by molar-refractivity contribution is 5.81. The molecule has 2 unspecified atom stereocenters. The van der Waals surface area contributed by atoms with Crippen LogP contribution in [-0.4, -0.2) is 42.1 Å². The van der Waals surface area contributed by atoms with Gasteiger partial charge in [-0.05, 0) is 0 Å². The first-order valence-corrected chi connectivity index (χ1v) is 5.11. The van der Waals surface area contributed by atoms with E-state index in [0.29, 0.717) is 23.4 Å². The summed E-state index contributed by atoms with van der Waals surface area (Å²) in [6, 6.07) is 0. The molecule has 3 heterocycles. The molecule has 1 aliphatic heterocycles. The number of nitrogens with two attached hydrogens (primary N) is 1. The average molecular weight is 237 g/mol. The Morgan fingerprint density at radius 3 is 2.88 bits per heavy atom. The van der Waals surface area contributed by atoms with Crippen LogP contribution in [0.2, 0.25) is 0 Å². The predicted molar refractivity (Wildman–Crippen MR) is 56.5 cm³/mol. The summed E-state index contributed by atoms with van der Waals surface area (Å²) < 4.78 is 7.02. The molecule has 8 nitrogen and oxygen atoms in total. The van der Waals surface area contributed by atoms with E-state index in [0.717, 1.165) is 0 Å². The largest absolute Gasteiger partial charge is 0.382 e. The molecule has 0 bridgehead atoms. The number of anilines is 1. The van der Waals surface area contributed by atoms with Gasteiger partial charge in [-0.15, -0.1) is 0 Å². The summed E-state index contributed by atoms with van der Waals surface area (Å²) in [7, 11) is 0. The number of nitrogen functional groups attached to an aromatic ring is 1. The highest BCUT2D eigenvalue weighted by Gasteiger charge is 2.36. The van der Waals surface area contributed by atoms with Crippen LogP contribution in [-0.2, 0) is 4.74 Å². The number of aliphatic hydroxyl groups excluding tert-OH is 1. The smallest absolute Gasteiger partial charge is 0.178 e. The van der Waals surface area contributed by atoms with Crippen LogP contribution in [0.25, 0.3) is 11.2 Å². The lowest BCUT2D eigenvalue weighted by molar-refractivity contribution is -0.252. The molecule has 2 aromatic rings. The maximum absolute atomic E-state index is 8.90. The fourth-order valence-electron chi connectivity index (χ4n) is 1.84. The lowest BCUT2D eigenvalue weighted by Gasteiger charge is -2.37. The Hall–Kier alpha value is -1.77. The SMILES string of the molecule is Nc1ncnc2c1ncn2C1CC(C(O)O)O1. The second-order valence-electron chi connectivity index (χ2n) is 3.86. The summed E-state index contributed by atoms with van der Waals surface area (Å²) in [5.41, 5.74) is 6.75. The number of aromatic nitrogens is 4. The van der Waals surface area contributed by atoms with E-state index in [2.05, 4.69) is 15.0 Å². The Labute approximate surface area is 95.7 Å². The zero-order chi connectivity index (χ0) is 12.0. The fraction of sp³-hybridized carbons (Fsp3) is 0.444. The van der Waals surface area contributed by atoms with Crippen molar-refractivity contribution in [3.8, 4) is 0 Å². The van der Waals surface area contributed by atoms with E-state index in [1.54, 1.807) is 10.9 Å². The second kappa shape index (κ2) is 3.62. The molecule has 17 heavy (non-hydrogen) atoms. The third-order valence-electron chi connectivity index (χ3n) is 2.80. The Morgan fingerprint density at radius 2 is 2.18 bits per heavy atom. The molecule has 0 aliphatic carbocycles. The minimum absolute atomic E-state index is 0.291. The Balaban J connectivity index is 1.90. The minimum atomic E-state index is -1.46. The van der Waals surface area contributed by atoms with Crippen LogP contribution < -0.4 is 5.73 Å². The van der Waals surface area contributed by atoms with Gasteiger partial charge in [-0.1, -0.05) is 0 Å². The lowest BCUT2D eigenvalue weighted by atomic mass is 10.1. The summed E-state index contributed by atoms with van der Waals surface area (Å²) in [6.07, 6.45) is 1.10. The van der Waals surface area contributed by atoms with Crippen LogP contribution in [0.4, 0.5) is 5.82 Å². The second-order valence-corrected chi connectivity index (χ2v) is 3.86. The number of aliphatic hydroxyl groups is 2. The van der Waals surface area contributed by atoms with Gasteiger partial charge in [-0.25, -0.2) is 15.0 Å². The summed E-state index contributed by atoms with van der Waals surface area (Å²) in [5, 5.41) is 17.8. The Bertz CT molecular complexity index is 549. The number of hydrogen-bond acceptors (Lipinski definition) is 7. The number of ether oxygens (including phenoxy) is 1. The minimum Gasteiger partial charge on any atom is -0.382 e. The van der Waals surface area contributed by atoms with Crippen molar-refractivity contribution in [1.29, 1.82) is 0 Å². The van der Waals surface area contributed by atoms with E-state index >= 15 is 0 Å². The Morgan fingerprint density at radius 1 is 1.41 bits per heavy atom. The zero-order valence-electron chi connectivity index (χ0n) is 8.76. The van der Waals surface area contributed by atoms with Crippen molar-refractivity contribution in [2.45, 2.75) is 25.0 Å². The maximum Gasteiger partial charge on any atom is 0.178 e. The molecule has 2 aromatic heterocycles. The van der Waals surface area contributed by atoms with Crippen LogP contribution >= 0.6 is 0 Å². The van der Waals surface area contributed by atoms with Gasteiger partial charge in [-0.3, -0.25) is 4.57 Å². The first-order chi connectivity index (χ1) is 8.16. The van der Waals surface area contributed by atoms with Crippen LogP contribution in [0, 0.1) is 0 Å². The third kappa shape index (κ3) is 1.54.